The third-order valence-corrected chi connectivity index (χ3v) is 3.37. The number of aliphatic hydroxyl groups excluding tert-OH is 1. The molecule has 1 unspecified atom stereocenters. The van der Waals surface area contributed by atoms with E-state index in [1.54, 1.807) is 6.08 Å². The number of benzene rings is 1. The average Bonchev–Trinajstić information content (AvgIpc) is 2.35. The lowest BCUT2D eigenvalue weighted by molar-refractivity contribution is 0.0873. The van der Waals surface area contributed by atoms with Crippen molar-refractivity contribution in [2.45, 2.75) is 6.42 Å². The zero-order valence-corrected chi connectivity index (χ0v) is 9.38. The number of allylic oxidation sites excluding steroid dienone is 3. The minimum atomic E-state index is -0.628. The molecular formula is C14H10O4. The molecule has 4 heteroatoms. The fourth-order valence-electron chi connectivity index (χ4n) is 2.52. The highest BCUT2D eigenvalue weighted by Gasteiger charge is 2.40. The number of hydrogen-bond donors (Lipinski definition) is 2. The molecule has 1 aromatic rings. The number of carbonyl (C=O) groups is 2. The standard InChI is InChI=1S/C14H10O4/c15-9-5-1-3-7-11(9)14(18)12-8(13(7)17)4-2-6-10(12)16/h1-3,5-6,8,15-16H,4H2. The number of phenols is 1. The van der Waals surface area contributed by atoms with E-state index >= 15 is 0 Å². The van der Waals surface area contributed by atoms with E-state index in [9.17, 15) is 19.8 Å². The number of Topliss-reactive ketones (excluding diaryl/α,β-unsaturated/α-hetero) is 2. The molecule has 0 radical (unpaired) electrons. The number of rotatable bonds is 0. The van der Waals surface area contributed by atoms with Gasteiger partial charge in [0, 0.05) is 5.56 Å². The highest BCUT2D eigenvalue weighted by atomic mass is 16.3. The van der Waals surface area contributed by atoms with Gasteiger partial charge in [-0.1, -0.05) is 18.2 Å². The zero-order chi connectivity index (χ0) is 12.9. The van der Waals surface area contributed by atoms with E-state index in [0.717, 1.165) is 0 Å². The van der Waals surface area contributed by atoms with Crippen LogP contribution >= 0.6 is 0 Å². The second kappa shape index (κ2) is 3.57. The van der Waals surface area contributed by atoms with E-state index in [2.05, 4.69) is 0 Å². The molecule has 0 spiro atoms. The summed E-state index contributed by atoms with van der Waals surface area (Å²) in [7, 11) is 0. The SMILES string of the molecule is O=C1C2=C(O)C=CCC2C(=O)c2cccc(O)c21. The Bertz CT molecular complexity index is 637. The number of carbonyl (C=O) groups excluding carboxylic acids is 2. The van der Waals surface area contributed by atoms with Gasteiger partial charge in [0.15, 0.2) is 11.6 Å². The van der Waals surface area contributed by atoms with Gasteiger partial charge < -0.3 is 10.2 Å². The van der Waals surface area contributed by atoms with Crippen LogP contribution < -0.4 is 0 Å². The maximum absolute atomic E-state index is 12.3. The molecule has 0 fully saturated rings. The predicted octanol–water partition coefficient (Wildman–Crippen LogP) is 2.16. The van der Waals surface area contributed by atoms with Crippen molar-refractivity contribution < 1.29 is 19.8 Å². The summed E-state index contributed by atoms with van der Waals surface area (Å²) < 4.78 is 0. The Morgan fingerprint density at radius 3 is 2.72 bits per heavy atom. The molecule has 4 nitrogen and oxygen atoms in total. The molecule has 0 heterocycles. The van der Waals surface area contributed by atoms with Crippen LogP contribution in [0.4, 0.5) is 0 Å². The van der Waals surface area contributed by atoms with E-state index in [1.165, 1.54) is 24.3 Å². The number of aromatic hydroxyl groups is 1. The van der Waals surface area contributed by atoms with Gasteiger partial charge in [-0.3, -0.25) is 9.59 Å². The highest BCUT2D eigenvalue weighted by Crippen LogP contribution is 2.38. The average molecular weight is 242 g/mol. The maximum atomic E-state index is 12.3. The molecule has 90 valence electrons. The first-order chi connectivity index (χ1) is 8.61. The number of aliphatic hydroxyl groups is 1. The van der Waals surface area contributed by atoms with E-state index in [-0.39, 0.29) is 34.0 Å². The summed E-state index contributed by atoms with van der Waals surface area (Å²) >= 11 is 0. The van der Waals surface area contributed by atoms with Crippen LogP contribution in [0.5, 0.6) is 5.75 Å². The summed E-state index contributed by atoms with van der Waals surface area (Å²) in [4.78, 5) is 24.5. The minimum absolute atomic E-state index is 0.00407. The predicted molar refractivity (Wildman–Crippen MR) is 63.7 cm³/mol. The molecule has 0 aliphatic heterocycles. The molecule has 1 aromatic carbocycles. The molecule has 0 amide bonds. The lowest BCUT2D eigenvalue weighted by Crippen LogP contribution is -2.31. The van der Waals surface area contributed by atoms with Crippen LogP contribution in [0.1, 0.15) is 27.1 Å². The summed E-state index contributed by atoms with van der Waals surface area (Å²) in [5, 5.41) is 19.5. The van der Waals surface area contributed by atoms with Gasteiger partial charge in [0.25, 0.3) is 0 Å². The van der Waals surface area contributed by atoms with E-state index in [0.29, 0.717) is 6.42 Å². The molecule has 0 saturated carbocycles. The molecule has 18 heavy (non-hydrogen) atoms. The molecule has 0 saturated heterocycles. The first-order valence-corrected chi connectivity index (χ1v) is 5.62. The molecule has 2 aliphatic rings. The number of phenolic OH excluding ortho intramolecular Hbond substituents is 1. The van der Waals surface area contributed by atoms with Gasteiger partial charge in [0.1, 0.15) is 11.5 Å². The van der Waals surface area contributed by atoms with Crippen LogP contribution in [0.25, 0.3) is 0 Å². The van der Waals surface area contributed by atoms with Gasteiger partial charge in [0.2, 0.25) is 0 Å². The molecule has 1 atom stereocenters. The van der Waals surface area contributed by atoms with Crippen molar-refractivity contribution in [3.05, 3.63) is 52.8 Å². The molecule has 0 aromatic heterocycles. The summed E-state index contributed by atoms with van der Waals surface area (Å²) in [6.45, 7) is 0. The molecule has 0 bridgehead atoms. The first-order valence-electron chi connectivity index (χ1n) is 5.62. The van der Waals surface area contributed by atoms with E-state index < -0.39 is 11.7 Å². The quantitative estimate of drug-likeness (QED) is 0.731. The van der Waals surface area contributed by atoms with Gasteiger partial charge in [-0.05, 0) is 18.6 Å². The lowest BCUT2D eigenvalue weighted by atomic mass is 9.74. The molecular weight excluding hydrogens is 232 g/mol. The topological polar surface area (TPSA) is 74.6 Å². The van der Waals surface area contributed by atoms with Crippen LogP contribution in [-0.2, 0) is 0 Å². The second-order valence-electron chi connectivity index (χ2n) is 4.38. The third-order valence-electron chi connectivity index (χ3n) is 3.37. The smallest absolute Gasteiger partial charge is 0.197 e. The first kappa shape index (κ1) is 10.8. The van der Waals surface area contributed by atoms with Gasteiger partial charge in [-0.25, -0.2) is 0 Å². The Labute approximate surface area is 103 Å². The van der Waals surface area contributed by atoms with E-state index in [1.807, 2.05) is 0 Å². The molecule has 2 N–H and O–H groups in total. The maximum Gasteiger partial charge on any atom is 0.197 e. The van der Waals surface area contributed by atoms with Gasteiger partial charge in [-0.15, -0.1) is 0 Å². The minimum Gasteiger partial charge on any atom is -0.508 e. The van der Waals surface area contributed by atoms with Crippen molar-refractivity contribution in [1.29, 1.82) is 0 Å². The summed E-state index contributed by atoms with van der Waals surface area (Å²) in [6, 6.07) is 4.43. The largest absolute Gasteiger partial charge is 0.508 e. The van der Waals surface area contributed by atoms with Crippen molar-refractivity contribution in [3.63, 3.8) is 0 Å². The normalized spacial score (nSPS) is 21.9. The van der Waals surface area contributed by atoms with Gasteiger partial charge in [-0.2, -0.15) is 0 Å². The summed E-state index contributed by atoms with van der Waals surface area (Å²) in [6.07, 6.45) is 3.49. The number of ketones is 2. The van der Waals surface area contributed by atoms with Crippen molar-refractivity contribution >= 4 is 11.6 Å². The van der Waals surface area contributed by atoms with Gasteiger partial charge in [0.05, 0.1) is 17.1 Å². The molecule has 2 aliphatic carbocycles. The number of hydrogen-bond acceptors (Lipinski definition) is 4. The Hall–Kier alpha value is -2.36. The Morgan fingerprint density at radius 1 is 1.17 bits per heavy atom. The monoisotopic (exact) mass is 242 g/mol. The van der Waals surface area contributed by atoms with Crippen molar-refractivity contribution in [3.8, 4) is 5.75 Å². The third kappa shape index (κ3) is 1.26. The van der Waals surface area contributed by atoms with Crippen LogP contribution in [0.15, 0.2) is 41.7 Å². The fourth-order valence-corrected chi connectivity index (χ4v) is 2.52. The highest BCUT2D eigenvalue weighted by molar-refractivity contribution is 6.25. The summed E-state index contributed by atoms with van der Waals surface area (Å²) in [5.41, 5.74) is 0.323. The second-order valence-corrected chi connectivity index (χ2v) is 4.38. The van der Waals surface area contributed by atoms with Crippen LogP contribution in [0.2, 0.25) is 0 Å². The number of fused-ring (bicyclic) bond motifs is 2. The van der Waals surface area contributed by atoms with Crippen LogP contribution in [0.3, 0.4) is 0 Å². The fraction of sp³-hybridized carbons (Fsp3) is 0.143. The summed E-state index contributed by atoms with van der Waals surface area (Å²) in [5.74, 6) is -1.73. The van der Waals surface area contributed by atoms with Crippen molar-refractivity contribution in [2.75, 3.05) is 0 Å². The van der Waals surface area contributed by atoms with Crippen LogP contribution in [-0.4, -0.2) is 21.8 Å². The zero-order valence-electron chi connectivity index (χ0n) is 9.38. The Morgan fingerprint density at radius 2 is 1.94 bits per heavy atom. The van der Waals surface area contributed by atoms with Crippen molar-refractivity contribution in [2.24, 2.45) is 5.92 Å². The Kier molecular flexibility index (Phi) is 2.13. The molecule has 3 rings (SSSR count). The van der Waals surface area contributed by atoms with Crippen molar-refractivity contribution in [1.82, 2.24) is 0 Å². The van der Waals surface area contributed by atoms with Crippen LogP contribution in [0, 0.1) is 5.92 Å². The van der Waals surface area contributed by atoms with E-state index in [4.69, 9.17) is 0 Å². The lowest BCUT2D eigenvalue weighted by Gasteiger charge is -2.27. The Balaban J connectivity index is 2.32. The van der Waals surface area contributed by atoms with Gasteiger partial charge >= 0.3 is 0 Å².